The van der Waals surface area contributed by atoms with E-state index in [0.29, 0.717) is 0 Å². The fourth-order valence-corrected chi connectivity index (χ4v) is 13.7. The van der Waals surface area contributed by atoms with Gasteiger partial charge in [-0.25, -0.2) is 0 Å². The minimum atomic E-state index is -0.500. The molecule has 0 aliphatic heterocycles. The van der Waals surface area contributed by atoms with Crippen molar-refractivity contribution in [2.45, 2.75) is 49.4 Å². The van der Waals surface area contributed by atoms with E-state index in [4.69, 9.17) is 0 Å². The molecule has 0 bridgehead atoms. The fourth-order valence-electron chi connectivity index (χ4n) is 12.9. The average molecular weight is 862 g/mol. The monoisotopic (exact) mass is 861 g/mol. The van der Waals surface area contributed by atoms with Crippen LogP contribution in [0, 0.1) is 0 Å². The van der Waals surface area contributed by atoms with E-state index in [-0.39, 0.29) is 0 Å². The molecule has 2 atom stereocenters. The van der Waals surface area contributed by atoms with Crippen LogP contribution in [0.5, 0.6) is 0 Å². The maximum atomic E-state index is 2.55. The van der Waals surface area contributed by atoms with Crippen molar-refractivity contribution < 1.29 is 0 Å². The molecule has 0 saturated heterocycles. The lowest BCUT2D eigenvalue weighted by molar-refractivity contribution is 0.765. The van der Waals surface area contributed by atoms with Gasteiger partial charge in [0.2, 0.25) is 0 Å². The normalized spacial score (nSPS) is 18.4. The number of fused-ring (bicyclic) bond motifs is 9. The van der Waals surface area contributed by atoms with E-state index in [1.54, 1.807) is 0 Å². The number of hydrogen-bond acceptors (Lipinski definition) is 2. The molecule has 0 N–H and O–H groups in total. The Kier molecular flexibility index (Phi) is 8.43. The predicted octanol–water partition coefficient (Wildman–Crippen LogP) is 16.1. The third kappa shape index (κ3) is 5.34. The molecule has 9 aromatic carbocycles. The summed E-state index contributed by atoms with van der Waals surface area (Å²) in [5.74, 6) is 0. The molecule has 2 heteroatoms. The average Bonchev–Trinajstić information content (AvgIpc) is 4.23. The molecule has 1 heterocycles. The molecule has 66 heavy (non-hydrogen) atoms. The van der Waals surface area contributed by atoms with Gasteiger partial charge < -0.3 is 4.90 Å². The summed E-state index contributed by atoms with van der Waals surface area (Å²) < 4.78 is 1.29. The molecule has 0 fully saturated rings. The van der Waals surface area contributed by atoms with Crippen molar-refractivity contribution in [3.8, 4) is 22.3 Å². The lowest BCUT2D eigenvalue weighted by atomic mass is 9.67. The molecule has 0 saturated carbocycles. The minimum Gasteiger partial charge on any atom is -0.310 e. The highest BCUT2D eigenvalue weighted by molar-refractivity contribution is 7.17. The van der Waals surface area contributed by atoms with Gasteiger partial charge in [0.1, 0.15) is 0 Å². The van der Waals surface area contributed by atoms with Crippen molar-refractivity contribution >= 4 is 38.5 Å². The molecule has 2 unspecified atom stereocenters. The van der Waals surface area contributed by atoms with Gasteiger partial charge in [-0.2, -0.15) is 0 Å². The van der Waals surface area contributed by atoms with Crippen LogP contribution >= 0.6 is 11.3 Å². The summed E-state index contributed by atoms with van der Waals surface area (Å²) in [5, 5.41) is 3.49. The molecule has 4 aliphatic rings. The number of nitrogens with zero attached hydrogens (tertiary/aromatic N) is 1. The maximum Gasteiger partial charge on any atom is 0.0714 e. The van der Waals surface area contributed by atoms with Gasteiger partial charge in [-0.1, -0.05) is 164 Å². The quantitative estimate of drug-likeness (QED) is 0.154. The van der Waals surface area contributed by atoms with E-state index in [9.17, 15) is 0 Å². The molecule has 0 amide bonds. The highest BCUT2D eigenvalue weighted by atomic mass is 32.1. The lowest BCUT2D eigenvalue weighted by Crippen LogP contribution is -2.29. The molecule has 0 radical (unpaired) electrons. The van der Waals surface area contributed by atoms with E-state index < -0.39 is 10.8 Å². The first-order valence-corrected chi connectivity index (χ1v) is 24.7. The van der Waals surface area contributed by atoms with Crippen LogP contribution in [0.25, 0.3) is 32.3 Å². The lowest BCUT2D eigenvalue weighted by Gasteiger charge is -2.36. The van der Waals surface area contributed by atoms with Crippen LogP contribution in [-0.2, 0) is 36.5 Å². The molecular weight excluding hydrogens is 815 g/mol. The standard InChI is InChI=1S/C64H47NS/c1-3-17-47(18-4-1)63(49-28-25-42-13-11-15-45(42)37-49)58-23-9-7-21-54(58)56-33-31-51(39-60(56)63)65(53-30-27-44-35-36-66-62(44)41-53)52-32-34-57-55-22-8-10-24-59(55)64(61(57)40-52,48-19-5-2-6-20-48)50-29-26-43-14-12-16-46(43)38-50/h1-10,17-41H,11-16H2. The second-order valence-corrected chi connectivity index (χ2v) is 19.9. The van der Waals surface area contributed by atoms with E-state index in [2.05, 4.69) is 217 Å². The highest BCUT2D eigenvalue weighted by Crippen LogP contribution is 2.60. The number of rotatable bonds is 7. The zero-order valence-electron chi connectivity index (χ0n) is 36.8. The summed E-state index contributed by atoms with van der Waals surface area (Å²) in [6.45, 7) is 0. The van der Waals surface area contributed by atoms with Crippen LogP contribution in [0.2, 0.25) is 0 Å². The van der Waals surface area contributed by atoms with Crippen molar-refractivity contribution in [2.75, 3.05) is 4.90 Å². The Morgan fingerprint density at radius 1 is 0.333 bits per heavy atom. The van der Waals surface area contributed by atoms with Gasteiger partial charge in [0.25, 0.3) is 0 Å². The van der Waals surface area contributed by atoms with Gasteiger partial charge >= 0.3 is 0 Å². The summed E-state index contributed by atoms with van der Waals surface area (Å²) >= 11 is 1.81. The second kappa shape index (κ2) is 14.6. The molecular formula is C64H47NS. The Labute approximate surface area is 391 Å². The number of thiophene rings is 1. The zero-order valence-corrected chi connectivity index (χ0v) is 37.6. The molecule has 4 aliphatic carbocycles. The van der Waals surface area contributed by atoms with E-state index in [1.165, 1.54) is 125 Å². The van der Waals surface area contributed by atoms with Gasteiger partial charge in [-0.3, -0.25) is 0 Å². The SMILES string of the molecule is c1ccc(C2(c3ccc4c(c3)CCC4)c3ccccc3-c3ccc(N(c4ccc5c(c4)C(c4ccccc4)(c4ccc6c(c4)CCC6)c4ccccc4-5)c4ccc5ccsc5c4)cc32)cc1. The predicted molar refractivity (Wildman–Crippen MR) is 275 cm³/mol. The number of anilines is 3. The van der Waals surface area contributed by atoms with Gasteiger partial charge in [-0.15, -0.1) is 11.3 Å². The van der Waals surface area contributed by atoms with Gasteiger partial charge in [0.15, 0.2) is 0 Å². The van der Waals surface area contributed by atoms with Crippen molar-refractivity contribution in [1.82, 2.24) is 0 Å². The largest absolute Gasteiger partial charge is 0.310 e. The minimum absolute atomic E-state index is 0.500. The van der Waals surface area contributed by atoms with Gasteiger partial charge in [0, 0.05) is 21.8 Å². The first kappa shape index (κ1) is 38.1. The smallest absolute Gasteiger partial charge is 0.0714 e. The van der Waals surface area contributed by atoms with Crippen LogP contribution in [0.3, 0.4) is 0 Å². The summed E-state index contributed by atoms with van der Waals surface area (Å²) in [6.07, 6.45) is 7.06. The van der Waals surface area contributed by atoms with Crippen molar-refractivity contribution in [3.63, 3.8) is 0 Å². The number of benzene rings is 9. The van der Waals surface area contributed by atoms with Crippen LogP contribution < -0.4 is 4.90 Å². The van der Waals surface area contributed by atoms with Crippen LogP contribution in [0.1, 0.15) is 79.6 Å². The molecule has 1 nitrogen and oxygen atoms in total. The van der Waals surface area contributed by atoms with Crippen molar-refractivity contribution in [1.29, 1.82) is 0 Å². The Morgan fingerprint density at radius 3 is 1.33 bits per heavy atom. The number of hydrogen-bond donors (Lipinski definition) is 0. The summed E-state index contributed by atoms with van der Waals surface area (Å²) in [4.78, 5) is 2.54. The highest BCUT2D eigenvalue weighted by Gasteiger charge is 2.48. The van der Waals surface area contributed by atoms with Gasteiger partial charge in [0.05, 0.1) is 10.8 Å². The first-order chi connectivity index (χ1) is 32.7. The molecule has 14 rings (SSSR count). The Hall–Kier alpha value is -7.26. The molecule has 1 aromatic heterocycles. The Morgan fingerprint density at radius 2 is 0.788 bits per heavy atom. The summed E-state index contributed by atoms with van der Waals surface area (Å²) in [6, 6.07) is 79.8. The van der Waals surface area contributed by atoms with E-state index in [1.807, 2.05) is 11.3 Å². The Bertz CT molecular complexity index is 3360. The maximum absolute atomic E-state index is 2.55. The van der Waals surface area contributed by atoms with Gasteiger partial charge in [-0.05, 0) is 181 Å². The van der Waals surface area contributed by atoms with E-state index >= 15 is 0 Å². The summed E-state index contributed by atoms with van der Waals surface area (Å²) in [7, 11) is 0. The third-order valence-corrected chi connectivity index (χ3v) is 16.6. The van der Waals surface area contributed by atoms with Crippen LogP contribution in [0.15, 0.2) is 212 Å². The first-order valence-electron chi connectivity index (χ1n) is 23.8. The van der Waals surface area contributed by atoms with Crippen LogP contribution in [0.4, 0.5) is 17.1 Å². The zero-order chi connectivity index (χ0) is 43.4. The fraction of sp³-hybridized carbons (Fsp3) is 0.125. The molecule has 10 aromatic rings. The summed E-state index contributed by atoms with van der Waals surface area (Å²) in [5.41, 5.74) is 24.4. The van der Waals surface area contributed by atoms with E-state index in [0.717, 1.165) is 29.9 Å². The van der Waals surface area contributed by atoms with Crippen LogP contribution in [-0.4, -0.2) is 0 Å². The topological polar surface area (TPSA) is 3.24 Å². The number of aryl methyl sites for hydroxylation is 4. The van der Waals surface area contributed by atoms with Crippen molar-refractivity contribution in [3.05, 3.63) is 278 Å². The van der Waals surface area contributed by atoms with Crippen molar-refractivity contribution in [2.24, 2.45) is 0 Å². The molecule has 0 spiro atoms. The third-order valence-electron chi connectivity index (χ3n) is 15.7. The second-order valence-electron chi connectivity index (χ2n) is 18.9. The Balaban J connectivity index is 1.04. The molecule has 314 valence electrons.